The molecule has 0 saturated heterocycles. The fourth-order valence-electron chi connectivity index (χ4n) is 2.14. The minimum absolute atomic E-state index is 0.732. The van der Waals surface area contributed by atoms with Crippen molar-refractivity contribution in [3.63, 3.8) is 0 Å². The van der Waals surface area contributed by atoms with E-state index in [2.05, 4.69) is 18.7 Å². The third-order valence-corrected chi connectivity index (χ3v) is 7.34. The molecule has 79 valence electrons. The first-order valence-corrected chi connectivity index (χ1v) is 8.38. The van der Waals surface area contributed by atoms with E-state index in [9.17, 15) is 4.21 Å². The summed E-state index contributed by atoms with van der Waals surface area (Å²) < 4.78 is 12.4. The molecule has 1 nitrogen and oxygen atoms in total. The number of hydrogen-bond acceptors (Lipinski definition) is 1. The molecule has 0 unspecified atom stereocenters. The number of rotatable bonds is 0. The van der Waals surface area contributed by atoms with Crippen molar-refractivity contribution in [2.45, 2.75) is 16.3 Å². The van der Waals surface area contributed by atoms with Gasteiger partial charge in [0.05, 0.1) is 10.8 Å². The maximum atomic E-state index is 12.4. The molecule has 2 aromatic carbocycles. The second kappa shape index (κ2) is 3.68. The number of fused-ring (bicyclic) bond motifs is 2. The largest absolute Gasteiger partial charge is 0.249 e. The Balaban J connectivity index is 2.30. The van der Waals surface area contributed by atoms with Crippen molar-refractivity contribution >= 4 is 30.0 Å². The van der Waals surface area contributed by atoms with Gasteiger partial charge >= 0.3 is 0 Å². The van der Waals surface area contributed by atoms with Crippen molar-refractivity contribution in [2.24, 2.45) is 0 Å². The molecule has 3 heteroatoms. The van der Waals surface area contributed by atoms with E-state index in [1.165, 1.54) is 10.4 Å². The lowest BCUT2D eigenvalue weighted by molar-refractivity contribution is 0.683. The lowest BCUT2D eigenvalue weighted by Crippen LogP contribution is -2.46. The predicted molar refractivity (Wildman–Crippen MR) is 68.4 cm³/mol. The van der Waals surface area contributed by atoms with Crippen LogP contribution < -0.4 is 10.4 Å². The molecule has 1 heterocycles. The molecule has 1 aliphatic rings. The Morgan fingerprint density at radius 3 is 1.81 bits per heavy atom. The van der Waals surface area contributed by atoms with E-state index in [0.29, 0.717) is 0 Å². The molecular formula is C13H11OSSi. The van der Waals surface area contributed by atoms with Crippen LogP contribution in [0.15, 0.2) is 58.3 Å². The minimum atomic E-state index is -0.985. The second-order valence-electron chi connectivity index (χ2n) is 3.89. The molecule has 3 rings (SSSR count). The van der Waals surface area contributed by atoms with Gasteiger partial charge in [0.1, 0.15) is 8.80 Å². The normalized spacial score (nSPS) is 15.6. The van der Waals surface area contributed by atoms with Crippen LogP contribution in [0.1, 0.15) is 0 Å². The molecule has 16 heavy (non-hydrogen) atoms. The molecule has 0 amide bonds. The van der Waals surface area contributed by atoms with Crippen LogP contribution in [0.4, 0.5) is 0 Å². The van der Waals surface area contributed by atoms with Gasteiger partial charge in [-0.25, -0.2) is 4.21 Å². The van der Waals surface area contributed by atoms with Gasteiger partial charge in [-0.15, -0.1) is 0 Å². The van der Waals surface area contributed by atoms with Crippen LogP contribution in [-0.4, -0.2) is 13.0 Å². The average molecular weight is 243 g/mol. The van der Waals surface area contributed by atoms with Gasteiger partial charge < -0.3 is 0 Å². The first-order chi connectivity index (χ1) is 7.79. The zero-order valence-corrected chi connectivity index (χ0v) is 10.8. The fraction of sp³-hybridized carbons (Fsp3) is 0.0769. The summed E-state index contributed by atoms with van der Waals surface area (Å²) in [5.41, 5.74) is 0. The zero-order valence-electron chi connectivity index (χ0n) is 8.94. The SMILES string of the molecule is C[Si]1c2ccccc2S(=O)c2ccccc21. The highest BCUT2D eigenvalue weighted by molar-refractivity contribution is 7.86. The summed E-state index contributed by atoms with van der Waals surface area (Å²) in [7, 11) is -1.72. The highest BCUT2D eigenvalue weighted by atomic mass is 32.2. The quantitative estimate of drug-likeness (QED) is 0.639. The van der Waals surface area contributed by atoms with Crippen LogP contribution in [0.2, 0.25) is 6.55 Å². The molecule has 0 aromatic heterocycles. The van der Waals surface area contributed by atoms with Crippen LogP contribution in [0.5, 0.6) is 0 Å². The topological polar surface area (TPSA) is 17.1 Å². The van der Waals surface area contributed by atoms with Gasteiger partial charge in [-0.2, -0.15) is 0 Å². The average Bonchev–Trinajstić information content (AvgIpc) is 2.36. The van der Waals surface area contributed by atoms with Crippen LogP contribution in [0.3, 0.4) is 0 Å². The molecule has 0 atom stereocenters. The standard InChI is InChI=1S/C13H11OSSi/c1-16-12-8-4-2-6-10(12)15(14)11-7-3-5-9-13(11)16/h2-9H,1H3. The Hall–Kier alpha value is -1.19. The summed E-state index contributed by atoms with van der Waals surface area (Å²) >= 11 is 0. The molecular weight excluding hydrogens is 232 g/mol. The van der Waals surface area contributed by atoms with Crippen LogP contribution in [0.25, 0.3) is 0 Å². The van der Waals surface area contributed by atoms with Crippen molar-refractivity contribution in [2.75, 3.05) is 0 Å². The Morgan fingerprint density at radius 2 is 1.31 bits per heavy atom. The van der Waals surface area contributed by atoms with Crippen molar-refractivity contribution in [1.82, 2.24) is 0 Å². The third kappa shape index (κ3) is 1.32. The smallest absolute Gasteiger partial charge is 0.121 e. The summed E-state index contributed by atoms with van der Waals surface area (Å²) in [6.07, 6.45) is 0. The van der Waals surface area contributed by atoms with Crippen LogP contribution >= 0.6 is 0 Å². The molecule has 2 aromatic rings. The zero-order chi connectivity index (χ0) is 11.1. The Bertz CT molecular complexity index is 530. The lowest BCUT2D eigenvalue weighted by Gasteiger charge is -2.23. The monoisotopic (exact) mass is 243 g/mol. The summed E-state index contributed by atoms with van der Waals surface area (Å²) in [5.74, 6) is 0. The van der Waals surface area contributed by atoms with E-state index in [1.54, 1.807) is 0 Å². The summed E-state index contributed by atoms with van der Waals surface area (Å²) in [5, 5.41) is 2.59. The predicted octanol–water partition coefficient (Wildman–Crippen LogP) is 1.41. The highest BCUT2D eigenvalue weighted by Crippen LogP contribution is 2.18. The van der Waals surface area contributed by atoms with E-state index in [1.807, 2.05) is 36.4 Å². The van der Waals surface area contributed by atoms with Gasteiger partial charge in [0, 0.05) is 9.79 Å². The van der Waals surface area contributed by atoms with E-state index >= 15 is 0 Å². The maximum Gasteiger partial charge on any atom is 0.121 e. The molecule has 0 saturated carbocycles. The molecule has 0 aliphatic carbocycles. The molecule has 0 spiro atoms. The van der Waals surface area contributed by atoms with Gasteiger partial charge in [0.25, 0.3) is 0 Å². The lowest BCUT2D eigenvalue weighted by atomic mass is 10.3. The number of hydrogen-bond donors (Lipinski definition) is 0. The van der Waals surface area contributed by atoms with Gasteiger partial charge in [-0.3, -0.25) is 0 Å². The van der Waals surface area contributed by atoms with Gasteiger partial charge in [0.2, 0.25) is 0 Å². The molecule has 0 fully saturated rings. The van der Waals surface area contributed by atoms with Crippen molar-refractivity contribution in [3.8, 4) is 0 Å². The third-order valence-electron chi connectivity index (χ3n) is 2.98. The highest BCUT2D eigenvalue weighted by Gasteiger charge is 2.27. The van der Waals surface area contributed by atoms with E-state index < -0.39 is 19.6 Å². The molecule has 0 N–H and O–H groups in total. The first kappa shape index (κ1) is 9.99. The Morgan fingerprint density at radius 1 is 0.875 bits per heavy atom. The summed E-state index contributed by atoms with van der Waals surface area (Å²) in [6.45, 7) is 2.28. The Labute approximate surface area is 99.2 Å². The van der Waals surface area contributed by atoms with Crippen molar-refractivity contribution in [3.05, 3.63) is 48.5 Å². The van der Waals surface area contributed by atoms with E-state index in [4.69, 9.17) is 0 Å². The minimum Gasteiger partial charge on any atom is -0.249 e. The van der Waals surface area contributed by atoms with Gasteiger partial charge in [-0.05, 0) is 22.5 Å². The van der Waals surface area contributed by atoms with Crippen LogP contribution in [0, 0.1) is 0 Å². The second-order valence-corrected chi connectivity index (χ2v) is 7.63. The number of benzene rings is 2. The van der Waals surface area contributed by atoms with Crippen LogP contribution in [-0.2, 0) is 10.8 Å². The molecule has 1 aliphatic heterocycles. The maximum absolute atomic E-state index is 12.4. The molecule has 0 bridgehead atoms. The first-order valence-electron chi connectivity index (χ1n) is 5.23. The summed E-state index contributed by atoms with van der Waals surface area (Å²) in [4.78, 5) is 2.02. The molecule has 1 radical (unpaired) electrons. The van der Waals surface area contributed by atoms with Crippen molar-refractivity contribution in [1.29, 1.82) is 0 Å². The van der Waals surface area contributed by atoms with Gasteiger partial charge in [-0.1, -0.05) is 42.9 Å². The van der Waals surface area contributed by atoms with E-state index in [0.717, 1.165) is 9.79 Å². The van der Waals surface area contributed by atoms with E-state index in [-0.39, 0.29) is 0 Å². The fourth-order valence-corrected chi connectivity index (χ4v) is 6.68. The van der Waals surface area contributed by atoms with Gasteiger partial charge in [0.15, 0.2) is 0 Å². The summed E-state index contributed by atoms with van der Waals surface area (Å²) in [6, 6.07) is 16.3. The Kier molecular flexibility index (Phi) is 2.30. The van der Waals surface area contributed by atoms with Crippen molar-refractivity contribution < 1.29 is 4.21 Å².